The summed E-state index contributed by atoms with van der Waals surface area (Å²) in [6.07, 6.45) is 7.35. The molecule has 68 valence electrons. The molecule has 0 aromatic carbocycles. The topological polar surface area (TPSA) is 29.9 Å². The summed E-state index contributed by atoms with van der Waals surface area (Å²) in [6, 6.07) is 9.63. The molecular weight excluding hydrogens is 181 g/mol. The van der Waals surface area contributed by atoms with Crippen molar-refractivity contribution in [2.75, 3.05) is 5.20 Å². The van der Waals surface area contributed by atoms with Crippen LogP contribution in [0.15, 0.2) is 55.1 Å². The van der Waals surface area contributed by atoms with E-state index in [4.69, 9.17) is 0 Å². The quantitative estimate of drug-likeness (QED) is 0.701. The fraction of sp³-hybridized carbons (Fsp3) is 0. The van der Waals surface area contributed by atoms with Gasteiger partial charge in [0, 0.05) is 24.8 Å². The Labute approximate surface area is 80.0 Å². The zero-order valence-electron chi connectivity index (χ0n) is 7.17. The smallest absolute Gasteiger partial charge is 0.0267 e. The molecule has 2 heterocycles. The number of aromatic nitrogens is 2. The Morgan fingerprint density at radius 1 is 0.923 bits per heavy atom. The summed E-state index contributed by atoms with van der Waals surface area (Å²) < 4.78 is 1.84. The summed E-state index contributed by atoms with van der Waals surface area (Å²) in [4.78, 5) is 3.78. The minimum Gasteiger partial charge on any atom is -0.312 e. The van der Waals surface area contributed by atoms with Gasteiger partial charge >= 0.3 is 0 Å². The van der Waals surface area contributed by atoms with E-state index in [0.717, 1.165) is 0 Å². The van der Waals surface area contributed by atoms with E-state index in [1.165, 1.54) is 0 Å². The van der Waals surface area contributed by atoms with Crippen molar-refractivity contribution in [1.29, 1.82) is 0 Å². The van der Waals surface area contributed by atoms with E-state index in [1.54, 1.807) is 12.4 Å². The van der Waals surface area contributed by atoms with Crippen molar-refractivity contribution < 1.29 is 0 Å². The molecule has 0 aliphatic carbocycles. The third kappa shape index (κ3) is 4.28. The van der Waals surface area contributed by atoms with Crippen molar-refractivity contribution in [1.82, 2.24) is 9.66 Å². The first-order valence-corrected chi connectivity index (χ1v) is 4.46. The normalized spacial score (nSPS) is 8.38. The second kappa shape index (κ2) is 6.21. The molecule has 2 aromatic heterocycles. The molecule has 0 spiro atoms. The van der Waals surface area contributed by atoms with Crippen molar-refractivity contribution in [2.24, 2.45) is 0 Å². The summed E-state index contributed by atoms with van der Waals surface area (Å²) in [6.45, 7) is 0. The summed E-state index contributed by atoms with van der Waals surface area (Å²) in [7, 11) is 2.40. The Hall–Kier alpha value is -1.34. The second-order valence-electron chi connectivity index (χ2n) is 2.24. The number of hydrogen-bond acceptors (Lipinski definition) is 2. The lowest BCUT2D eigenvalue weighted by molar-refractivity contribution is 1.02. The fourth-order valence-corrected chi connectivity index (χ4v) is 0.905. The van der Waals surface area contributed by atoms with Crippen LogP contribution < -0.4 is 5.20 Å². The van der Waals surface area contributed by atoms with E-state index in [2.05, 4.69) is 19.6 Å². The number of pyridine rings is 1. The molecule has 4 heteroatoms. The molecule has 13 heavy (non-hydrogen) atoms. The number of nitrogens with one attached hydrogen (secondary N) is 1. The first-order valence-electron chi connectivity index (χ1n) is 3.88. The molecule has 0 radical (unpaired) electrons. The van der Waals surface area contributed by atoms with E-state index in [0.29, 0.717) is 0 Å². The Balaban J connectivity index is 0.000000132. The molecular formula is C9H12N3P. The molecule has 2 rings (SSSR count). The molecule has 1 unspecified atom stereocenters. The molecule has 0 saturated heterocycles. The molecule has 2 aromatic rings. The maximum absolute atomic E-state index is 3.78. The number of hydrogen-bond donors (Lipinski definition) is 1. The highest BCUT2D eigenvalue weighted by Gasteiger charge is 1.73. The van der Waals surface area contributed by atoms with Gasteiger partial charge in [-0.3, -0.25) is 9.66 Å². The predicted molar refractivity (Wildman–Crippen MR) is 57.7 cm³/mol. The van der Waals surface area contributed by atoms with Crippen LogP contribution in [0, 0.1) is 0 Å². The maximum Gasteiger partial charge on any atom is 0.0267 e. The van der Waals surface area contributed by atoms with Crippen molar-refractivity contribution >= 4 is 9.39 Å². The van der Waals surface area contributed by atoms with Gasteiger partial charge in [-0.25, -0.2) is 0 Å². The van der Waals surface area contributed by atoms with Gasteiger partial charge in [-0.2, -0.15) is 0 Å². The van der Waals surface area contributed by atoms with E-state index in [-0.39, 0.29) is 0 Å². The van der Waals surface area contributed by atoms with E-state index >= 15 is 0 Å². The second-order valence-corrected chi connectivity index (χ2v) is 2.50. The van der Waals surface area contributed by atoms with Gasteiger partial charge in [0.1, 0.15) is 0 Å². The Bertz CT molecular complexity index is 267. The molecule has 0 aliphatic heterocycles. The van der Waals surface area contributed by atoms with Crippen LogP contribution in [0.2, 0.25) is 0 Å². The number of rotatable bonds is 1. The minimum atomic E-state index is 1.75. The lowest BCUT2D eigenvalue weighted by Crippen LogP contribution is -1.95. The molecule has 0 fully saturated rings. The Kier molecular flexibility index (Phi) is 4.65. The van der Waals surface area contributed by atoms with Gasteiger partial charge < -0.3 is 5.20 Å². The summed E-state index contributed by atoms with van der Waals surface area (Å²) in [5, 5.41) is 2.84. The van der Waals surface area contributed by atoms with Crippen LogP contribution in [0.25, 0.3) is 0 Å². The van der Waals surface area contributed by atoms with Gasteiger partial charge in [0.05, 0.1) is 0 Å². The van der Waals surface area contributed by atoms with Gasteiger partial charge in [-0.05, 0) is 33.7 Å². The van der Waals surface area contributed by atoms with Crippen molar-refractivity contribution in [3.05, 3.63) is 55.1 Å². The third-order valence-corrected chi connectivity index (χ3v) is 1.62. The summed E-state index contributed by atoms with van der Waals surface area (Å²) in [5.74, 6) is 0. The molecule has 0 aliphatic rings. The third-order valence-electron chi connectivity index (χ3n) is 1.32. The molecule has 1 atom stereocenters. The minimum absolute atomic E-state index is 1.75. The molecule has 0 bridgehead atoms. The van der Waals surface area contributed by atoms with Gasteiger partial charge in [0.15, 0.2) is 0 Å². The van der Waals surface area contributed by atoms with E-state index < -0.39 is 0 Å². The first-order chi connectivity index (χ1) is 6.43. The maximum atomic E-state index is 3.78. The van der Waals surface area contributed by atoms with Crippen molar-refractivity contribution in [2.45, 2.75) is 0 Å². The van der Waals surface area contributed by atoms with E-state index in [1.807, 2.05) is 47.4 Å². The van der Waals surface area contributed by atoms with Gasteiger partial charge in [-0.15, -0.1) is 0 Å². The lowest BCUT2D eigenvalue weighted by Gasteiger charge is -1.94. The number of nitrogens with zero attached hydrogens (tertiary/aromatic N) is 2. The Morgan fingerprint density at radius 2 is 1.54 bits per heavy atom. The van der Waals surface area contributed by atoms with Crippen LogP contribution >= 0.6 is 9.39 Å². The zero-order valence-corrected chi connectivity index (χ0v) is 8.32. The van der Waals surface area contributed by atoms with Crippen LogP contribution in [-0.4, -0.2) is 9.66 Å². The Morgan fingerprint density at radius 3 is 1.77 bits per heavy atom. The van der Waals surface area contributed by atoms with Crippen LogP contribution in [0.4, 0.5) is 0 Å². The largest absolute Gasteiger partial charge is 0.312 e. The highest BCUT2D eigenvalue weighted by molar-refractivity contribution is 7.17. The van der Waals surface area contributed by atoms with Crippen LogP contribution in [0.3, 0.4) is 0 Å². The fourth-order valence-electron chi connectivity index (χ4n) is 0.733. The molecule has 0 saturated carbocycles. The monoisotopic (exact) mass is 193 g/mol. The predicted octanol–water partition coefficient (Wildman–Crippen LogP) is 1.90. The summed E-state index contributed by atoms with van der Waals surface area (Å²) >= 11 is 0. The molecule has 3 nitrogen and oxygen atoms in total. The van der Waals surface area contributed by atoms with Gasteiger partial charge in [0.2, 0.25) is 0 Å². The van der Waals surface area contributed by atoms with Gasteiger partial charge in [0.25, 0.3) is 0 Å². The molecule has 0 amide bonds. The van der Waals surface area contributed by atoms with Gasteiger partial charge in [-0.1, -0.05) is 6.07 Å². The van der Waals surface area contributed by atoms with Crippen LogP contribution in [0.1, 0.15) is 0 Å². The molecule has 1 N–H and O–H groups in total. The standard InChI is InChI=1S/C5H5N.C4H7N2P/c1-2-4-6-5-3-1;7-5-6-3-1-2-4-6/h1-5H;1-5H,7H2. The zero-order chi connectivity index (χ0) is 9.36. The van der Waals surface area contributed by atoms with Crippen LogP contribution in [0.5, 0.6) is 0 Å². The van der Waals surface area contributed by atoms with Crippen molar-refractivity contribution in [3.8, 4) is 0 Å². The first kappa shape index (κ1) is 9.75. The highest BCUT2D eigenvalue weighted by atomic mass is 31.0. The van der Waals surface area contributed by atoms with E-state index in [9.17, 15) is 0 Å². The lowest BCUT2D eigenvalue weighted by atomic mass is 10.5. The van der Waals surface area contributed by atoms with Crippen LogP contribution in [-0.2, 0) is 0 Å². The average molecular weight is 193 g/mol. The SMILES string of the molecule is PNn1cccc1.c1ccncc1. The van der Waals surface area contributed by atoms with Crippen molar-refractivity contribution in [3.63, 3.8) is 0 Å². The average Bonchev–Trinajstić information content (AvgIpc) is 2.74. The summed E-state index contributed by atoms with van der Waals surface area (Å²) in [5.41, 5.74) is 0. The highest BCUT2D eigenvalue weighted by Crippen LogP contribution is 1.85.